The molecule has 0 saturated heterocycles. The van der Waals surface area contributed by atoms with E-state index < -0.39 is 0 Å². The monoisotopic (exact) mass is 262 g/mol. The van der Waals surface area contributed by atoms with Gasteiger partial charge in [0.25, 0.3) is 5.91 Å². The zero-order valence-electron chi connectivity index (χ0n) is 10.2. The second-order valence-electron chi connectivity index (χ2n) is 3.69. The number of hydrogen-bond acceptors (Lipinski definition) is 5. The summed E-state index contributed by atoms with van der Waals surface area (Å²) in [7, 11) is 0. The second-order valence-corrected chi connectivity index (χ2v) is 4.93. The fourth-order valence-electron chi connectivity index (χ4n) is 1.43. The lowest BCUT2D eigenvalue weighted by atomic mass is 10.2. The molecule has 2 N–H and O–H groups in total. The Morgan fingerprint density at radius 3 is 2.94 bits per heavy atom. The fourth-order valence-corrected chi connectivity index (χ4v) is 2.09. The summed E-state index contributed by atoms with van der Waals surface area (Å²) >= 11 is 1.45. The van der Waals surface area contributed by atoms with Gasteiger partial charge in [-0.1, -0.05) is 0 Å². The molecule has 94 valence electrons. The molecule has 2 heterocycles. The third-order valence-corrected chi connectivity index (χ3v) is 3.05. The smallest absolute Gasteiger partial charge is 0.257 e. The lowest BCUT2D eigenvalue weighted by Gasteiger charge is -2.05. The highest BCUT2D eigenvalue weighted by Gasteiger charge is 2.09. The number of anilines is 2. The Labute approximate surface area is 109 Å². The van der Waals surface area contributed by atoms with E-state index >= 15 is 0 Å². The molecule has 0 spiro atoms. The van der Waals surface area contributed by atoms with Crippen molar-refractivity contribution in [2.75, 3.05) is 17.2 Å². The van der Waals surface area contributed by atoms with Crippen LogP contribution in [0.15, 0.2) is 24.5 Å². The lowest BCUT2D eigenvalue weighted by molar-refractivity contribution is 0.102. The van der Waals surface area contributed by atoms with E-state index in [4.69, 9.17) is 0 Å². The molecule has 2 aromatic heterocycles. The van der Waals surface area contributed by atoms with Gasteiger partial charge in [0.2, 0.25) is 0 Å². The Morgan fingerprint density at radius 1 is 1.44 bits per heavy atom. The third-order valence-electron chi connectivity index (χ3n) is 2.22. The molecule has 0 aliphatic heterocycles. The summed E-state index contributed by atoms with van der Waals surface area (Å²) in [4.78, 5) is 21.3. The Morgan fingerprint density at radius 2 is 2.28 bits per heavy atom. The van der Waals surface area contributed by atoms with Gasteiger partial charge in [0.05, 0.1) is 0 Å². The fraction of sp³-hybridized carbons (Fsp3) is 0.250. The summed E-state index contributed by atoms with van der Waals surface area (Å²) < 4.78 is 0. The van der Waals surface area contributed by atoms with Crippen LogP contribution >= 0.6 is 11.3 Å². The van der Waals surface area contributed by atoms with Crippen LogP contribution in [0.5, 0.6) is 0 Å². The zero-order valence-corrected chi connectivity index (χ0v) is 11.0. The van der Waals surface area contributed by atoms with Crippen LogP contribution in [0.3, 0.4) is 0 Å². The van der Waals surface area contributed by atoms with Gasteiger partial charge in [-0.25, -0.2) is 9.97 Å². The van der Waals surface area contributed by atoms with E-state index in [2.05, 4.69) is 20.6 Å². The van der Waals surface area contributed by atoms with Gasteiger partial charge in [0.15, 0.2) is 5.13 Å². The van der Waals surface area contributed by atoms with Crippen LogP contribution in [-0.2, 0) is 0 Å². The van der Waals surface area contributed by atoms with Crippen molar-refractivity contribution < 1.29 is 4.79 Å². The highest BCUT2D eigenvalue weighted by molar-refractivity contribution is 7.15. The first-order chi connectivity index (χ1) is 8.69. The maximum Gasteiger partial charge on any atom is 0.257 e. The second kappa shape index (κ2) is 5.59. The number of rotatable bonds is 4. The van der Waals surface area contributed by atoms with Crippen LogP contribution in [0, 0.1) is 6.92 Å². The Bertz CT molecular complexity index is 553. The summed E-state index contributed by atoms with van der Waals surface area (Å²) in [5.74, 6) is 0.520. The molecule has 0 fully saturated rings. The summed E-state index contributed by atoms with van der Waals surface area (Å²) in [6.45, 7) is 4.69. The van der Waals surface area contributed by atoms with Gasteiger partial charge in [0, 0.05) is 29.4 Å². The molecule has 2 rings (SSSR count). The maximum absolute atomic E-state index is 12.0. The number of hydrogen-bond donors (Lipinski definition) is 2. The minimum atomic E-state index is -0.175. The van der Waals surface area contributed by atoms with Crippen molar-refractivity contribution >= 4 is 28.2 Å². The first-order valence-electron chi connectivity index (χ1n) is 5.62. The number of nitrogens with zero attached hydrogens (tertiary/aromatic N) is 2. The van der Waals surface area contributed by atoms with Crippen molar-refractivity contribution in [1.29, 1.82) is 0 Å². The predicted molar refractivity (Wildman–Crippen MR) is 73.2 cm³/mol. The Hall–Kier alpha value is -1.95. The number of pyridine rings is 1. The van der Waals surface area contributed by atoms with E-state index in [1.807, 2.05) is 13.8 Å². The van der Waals surface area contributed by atoms with Crippen LogP contribution in [0.1, 0.15) is 22.2 Å². The van der Waals surface area contributed by atoms with E-state index in [1.165, 1.54) is 11.3 Å². The Balaban J connectivity index is 2.11. The molecule has 0 bridgehead atoms. The average Bonchev–Trinajstić information content (AvgIpc) is 2.75. The Kier molecular flexibility index (Phi) is 3.88. The first kappa shape index (κ1) is 12.5. The largest absolute Gasteiger partial charge is 0.370 e. The first-order valence-corrected chi connectivity index (χ1v) is 6.44. The molecule has 0 aromatic carbocycles. The molecule has 0 saturated carbocycles. The number of carbonyl (C=O) groups is 1. The van der Waals surface area contributed by atoms with E-state index in [1.54, 1.807) is 24.5 Å². The van der Waals surface area contributed by atoms with E-state index in [0.29, 0.717) is 16.5 Å². The number of thiazole rings is 1. The van der Waals surface area contributed by atoms with Crippen molar-refractivity contribution in [3.05, 3.63) is 35.0 Å². The van der Waals surface area contributed by atoms with Gasteiger partial charge in [0.1, 0.15) is 5.82 Å². The van der Waals surface area contributed by atoms with E-state index in [-0.39, 0.29) is 5.91 Å². The normalized spacial score (nSPS) is 10.1. The molecular formula is C12H14N4OS. The molecule has 0 aliphatic rings. The topological polar surface area (TPSA) is 66.9 Å². The van der Waals surface area contributed by atoms with E-state index in [9.17, 15) is 4.79 Å². The minimum Gasteiger partial charge on any atom is -0.370 e. The van der Waals surface area contributed by atoms with Gasteiger partial charge in [-0.05, 0) is 26.0 Å². The molecule has 18 heavy (non-hydrogen) atoms. The van der Waals surface area contributed by atoms with Crippen molar-refractivity contribution in [1.82, 2.24) is 9.97 Å². The number of aromatic nitrogens is 2. The molecule has 0 unspecified atom stereocenters. The molecule has 0 atom stereocenters. The molecule has 0 radical (unpaired) electrons. The summed E-state index contributed by atoms with van der Waals surface area (Å²) in [6.07, 6.45) is 3.34. The highest BCUT2D eigenvalue weighted by Crippen LogP contribution is 2.17. The third kappa shape index (κ3) is 3.04. The number of nitrogens with one attached hydrogen (secondary N) is 2. The molecule has 0 aliphatic carbocycles. The standard InChI is InChI=1S/C12H14N4OS/c1-3-13-10-6-9(4-5-14-10)11(17)16-12-15-7-8(2)18-12/h4-7H,3H2,1-2H3,(H,13,14)(H,15,16,17). The zero-order chi connectivity index (χ0) is 13.0. The van der Waals surface area contributed by atoms with Gasteiger partial charge in [-0.3, -0.25) is 10.1 Å². The molecule has 6 heteroatoms. The molecular weight excluding hydrogens is 248 g/mol. The maximum atomic E-state index is 12.0. The highest BCUT2D eigenvalue weighted by atomic mass is 32.1. The lowest BCUT2D eigenvalue weighted by Crippen LogP contribution is -2.12. The van der Waals surface area contributed by atoms with Crippen molar-refractivity contribution in [3.8, 4) is 0 Å². The number of aryl methyl sites for hydroxylation is 1. The van der Waals surface area contributed by atoms with E-state index in [0.717, 1.165) is 11.4 Å². The molecule has 2 aromatic rings. The SMILES string of the molecule is CCNc1cc(C(=O)Nc2ncc(C)s2)ccn1. The molecule has 5 nitrogen and oxygen atoms in total. The van der Waals surface area contributed by atoms with Crippen LogP contribution in [-0.4, -0.2) is 22.4 Å². The van der Waals surface area contributed by atoms with Crippen LogP contribution < -0.4 is 10.6 Å². The molecule has 1 amide bonds. The van der Waals surface area contributed by atoms with Crippen LogP contribution in [0.25, 0.3) is 0 Å². The predicted octanol–water partition coefficient (Wildman–Crippen LogP) is 2.53. The quantitative estimate of drug-likeness (QED) is 0.888. The number of carbonyl (C=O) groups excluding carboxylic acids is 1. The number of amides is 1. The summed E-state index contributed by atoms with van der Waals surface area (Å²) in [5, 5.41) is 6.44. The van der Waals surface area contributed by atoms with Gasteiger partial charge >= 0.3 is 0 Å². The van der Waals surface area contributed by atoms with Gasteiger partial charge < -0.3 is 5.32 Å². The van der Waals surface area contributed by atoms with Crippen LogP contribution in [0.4, 0.5) is 10.9 Å². The summed E-state index contributed by atoms with van der Waals surface area (Å²) in [5.41, 5.74) is 0.564. The van der Waals surface area contributed by atoms with Gasteiger partial charge in [-0.15, -0.1) is 11.3 Å². The average molecular weight is 262 g/mol. The van der Waals surface area contributed by atoms with Crippen molar-refractivity contribution in [2.45, 2.75) is 13.8 Å². The minimum absolute atomic E-state index is 0.175. The summed E-state index contributed by atoms with van der Waals surface area (Å²) in [6, 6.07) is 3.40. The van der Waals surface area contributed by atoms with Crippen molar-refractivity contribution in [2.24, 2.45) is 0 Å². The van der Waals surface area contributed by atoms with Crippen molar-refractivity contribution in [3.63, 3.8) is 0 Å². The van der Waals surface area contributed by atoms with Gasteiger partial charge in [-0.2, -0.15) is 0 Å². The van der Waals surface area contributed by atoms with Crippen LogP contribution in [0.2, 0.25) is 0 Å².